The molecule has 0 saturated carbocycles. The van der Waals surface area contributed by atoms with Gasteiger partial charge in [-0.1, -0.05) is 12.1 Å². The van der Waals surface area contributed by atoms with Crippen molar-refractivity contribution in [2.75, 3.05) is 41.3 Å². The third-order valence-corrected chi connectivity index (χ3v) is 2.82. The lowest BCUT2D eigenvalue weighted by molar-refractivity contribution is 0.0484. The highest BCUT2D eigenvalue weighted by Gasteiger charge is 2.18. The van der Waals surface area contributed by atoms with Gasteiger partial charge < -0.3 is 23.7 Å². The van der Waals surface area contributed by atoms with Crippen LogP contribution in [0, 0.1) is 0 Å². The first kappa shape index (κ1) is 15.3. The Kier molecular flexibility index (Phi) is 5.59. The Morgan fingerprint density at radius 2 is 1.71 bits per heavy atom. The molecule has 0 fully saturated rings. The number of fused-ring (bicyclic) bond motifs is 1. The Hall–Kier alpha value is -2.05. The van der Waals surface area contributed by atoms with Crippen molar-refractivity contribution in [1.29, 1.82) is 0 Å². The average molecular weight is 293 g/mol. The summed E-state index contributed by atoms with van der Waals surface area (Å²) in [5.41, 5.74) is 0.763. The largest absolute Gasteiger partial charge is 0.483 e. The van der Waals surface area contributed by atoms with Crippen molar-refractivity contribution in [2.24, 2.45) is 0 Å². The third kappa shape index (κ3) is 3.53. The molecule has 2 rings (SSSR count). The second-order valence-corrected chi connectivity index (χ2v) is 4.19. The average Bonchev–Trinajstić information content (AvgIpc) is 2.53. The highest BCUT2D eigenvalue weighted by molar-refractivity contribution is 5.88. The van der Waals surface area contributed by atoms with E-state index in [1.807, 2.05) is 24.3 Å². The molecule has 114 valence electrons. The number of methoxy groups -OCH3 is 3. The Morgan fingerprint density at radius 1 is 0.905 bits per heavy atom. The van der Waals surface area contributed by atoms with Gasteiger partial charge in [0.1, 0.15) is 6.61 Å². The molecule has 2 aromatic rings. The van der Waals surface area contributed by atoms with Crippen molar-refractivity contribution in [3.63, 3.8) is 0 Å². The monoisotopic (exact) mass is 293 g/mol. The van der Waals surface area contributed by atoms with E-state index in [9.17, 15) is 0 Å². The smallest absolute Gasteiger partial charge is 0.261 e. The molecule has 0 radical (unpaired) electrons. The summed E-state index contributed by atoms with van der Waals surface area (Å²) in [6.45, 7) is 0.938. The molecule has 0 aliphatic heterocycles. The molecule has 0 N–H and O–H groups in total. The predicted molar refractivity (Wildman–Crippen MR) is 78.2 cm³/mol. The molecule has 1 heterocycles. The lowest BCUT2D eigenvalue weighted by atomic mass is 10.2. The molecule has 6 nitrogen and oxygen atoms in total. The molecule has 0 spiro atoms. The topological polar surface area (TPSA) is 59.0 Å². The van der Waals surface area contributed by atoms with E-state index < -0.39 is 0 Å². The first-order valence-corrected chi connectivity index (χ1v) is 6.52. The molecule has 0 bridgehead atoms. The van der Waals surface area contributed by atoms with Gasteiger partial charge in [0, 0.05) is 19.6 Å². The number of pyridine rings is 1. The highest BCUT2D eigenvalue weighted by atomic mass is 16.7. The van der Waals surface area contributed by atoms with Crippen LogP contribution in [0.25, 0.3) is 10.9 Å². The highest BCUT2D eigenvalue weighted by Crippen LogP contribution is 2.41. The van der Waals surface area contributed by atoms with Gasteiger partial charge >= 0.3 is 0 Å². The zero-order valence-corrected chi connectivity index (χ0v) is 12.4. The van der Waals surface area contributed by atoms with E-state index in [2.05, 4.69) is 4.98 Å². The van der Waals surface area contributed by atoms with Crippen molar-refractivity contribution < 1.29 is 23.7 Å². The Labute approximate surface area is 123 Å². The quantitative estimate of drug-likeness (QED) is 0.549. The van der Waals surface area contributed by atoms with Crippen molar-refractivity contribution >= 4 is 10.9 Å². The SMILES string of the molecule is COCCOc1c(OC)nc2ccccc2c1OCOC. The van der Waals surface area contributed by atoms with Crippen molar-refractivity contribution in [3.8, 4) is 17.4 Å². The van der Waals surface area contributed by atoms with E-state index in [-0.39, 0.29) is 6.79 Å². The lowest BCUT2D eigenvalue weighted by Crippen LogP contribution is -2.09. The van der Waals surface area contributed by atoms with Crippen LogP contribution in [0.1, 0.15) is 0 Å². The summed E-state index contributed by atoms with van der Waals surface area (Å²) in [5, 5.41) is 0.836. The number of hydrogen-bond acceptors (Lipinski definition) is 6. The molecule has 0 atom stereocenters. The van der Waals surface area contributed by atoms with Gasteiger partial charge in [-0.25, -0.2) is 4.98 Å². The first-order valence-electron chi connectivity index (χ1n) is 6.52. The summed E-state index contributed by atoms with van der Waals surface area (Å²) >= 11 is 0. The van der Waals surface area contributed by atoms with Crippen LogP contribution in [0.2, 0.25) is 0 Å². The molecule has 0 aliphatic rings. The van der Waals surface area contributed by atoms with E-state index in [1.165, 1.54) is 0 Å². The maximum Gasteiger partial charge on any atom is 0.261 e. The third-order valence-electron chi connectivity index (χ3n) is 2.82. The Balaban J connectivity index is 2.48. The number of rotatable bonds is 8. The van der Waals surface area contributed by atoms with Gasteiger partial charge in [-0.2, -0.15) is 0 Å². The number of aromatic nitrogens is 1. The maximum absolute atomic E-state index is 5.71. The summed E-state index contributed by atoms with van der Waals surface area (Å²) < 4.78 is 26.7. The van der Waals surface area contributed by atoms with Gasteiger partial charge in [0.15, 0.2) is 12.5 Å². The molecule has 0 unspecified atom stereocenters. The van der Waals surface area contributed by atoms with E-state index in [0.717, 1.165) is 10.9 Å². The maximum atomic E-state index is 5.71. The van der Waals surface area contributed by atoms with Crippen molar-refractivity contribution in [3.05, 3.63) is 24.3 Å². The minimum atomic E-state index is 0.109. The number of para-hydroxylation sites is 1. The fourth-order valence-electron chi connectivity index (χ4n) is 1.90. The van der Waals surface area contributed by atoms with E-state index in [0.29, 0.717) is 30.6 Å². The number of benzene rings is 1. The summed E-state index contributed by atoms with van der Waals surface area (Å²) in [6.07, 6.45) is 0. The zero-order chi connectivity index (χ0) is 15.1. The molecule has 21 heavy (non-hydrogen) atoms. The number of hydrogen-bond donors (Lipinski definition) is 0. The van der Waals surface area contributed by atoms with Crippen LogP contribution >= 0.6 is 0 Å². The minimum absolute atomic E-state index is 0.109. The van der Waals surface area contributed by atoms with Crippen LogP contribution in [0.4, 0.5) is 0 Å². The second kappa shape index (κ2) is 7.66. The van der Waals surface area contributed by atoms with Gasteiger partial charge in [0.2, 0.25) is 5.75 Å². The van der Waals surface area contributed by atoms with Crippen LogP contribution in [-0.4, -0.2) is 46.3 Å². The van der Waals surface area contributed by atoms with E-state index in [4.69, 9.17) is 23.7 Å². The molecule has 6 heteroatoms. The van der Waals surface area contributed by atoms with E-state index in [1.54, 1.807) is 21.3 Å². The molecular weight excluding hydrogens is 274 g/mol. The molecular formula is C15H19NO5. The molecule has 1 aromatic carbocycles. The molecule has 0 amide bonds. The van der Waals surface area contributed by atoms with Gasteiger partial charge in [0.25, 0.3) is 5.88 Å². The number of ether oxygens (including phenoxy) is 5. The van der Waals surface area contributed by atoms with Crippen molar-refractivity contribution in [2.45, 2.75) is 0 Å². The molecule has 0 aliphatic carbocycles. The lowest BCUT2D eigenvalue weighted by Gasteiger charge is -2.16. The fraction of sp³-hybridized carbons (Fsp3) is 0.400. The molecule has 0 saturated heterocycles. The number of nitrogens with zero attached hydrogens (tertiary/aromatic N) is 1. The van der Waals surface area contributed by atoms with Gasteiger partial charge in [-0.15, -0.1) is 0 Å². The van der Waals surface area contributed by atoms with Crippen molar-refractivity contribution in [1.82, 2.24) is 4.98 Å². The summed E-state index contributed by atoms with van der Waals surface area (Å²) in [7, 11) is 4.72. The fourth-order valence-corrected chi connectivity index (χ4v) is 1.90. The Bertz CT molecular complexity index is 588. The van der Waals surface area contributed by atoms with E-state index >= 15 is 0 Å². The second-order valence-electron chi connectivity index (χ2n) is 4.19. The summed E-state index contributed by atoms with van der Waals surface area (Å²) in [5.74, 6) is 1.37. The van der Waals surface area contributed by atoms with Gasteiger partial charge in [-0.3, -0.25) is 0 Å². The van der Waals surface area contributed by atoms with Crippen LogP contribution in [0.5, 0.6) is 17.4 Å². The normalized spacial score (nSPS) is 10.6. The minimum Gasteiger partial charge on any atom is -0.483 e. The summed E-state index contributed by atoms with van der Waals surface area (Å²) in [4.78, 5) is 4.43. The van der Waals surface area contributed by atoms with Crippen LogP contribution in [-0.2, 0) is 9.47 Å². The first-order chi connectivity index (χ1) is 10.3. The van der Waals surface area contributed by atoms with Gasteiger partial charge in [0.05, 0.1) is 19.2 Å². The molecule has 1 aromatic heterocycles. The standard InChI is InChI=1S/C15H19NO5/c1-17-8-9-20-14-13(21-10-18-2)11-6-4-5-7-12(11)16-15(14)19-3/h4-7H,8-10H2,1-3H3. The summed E-state index contributed by atoms with van der Waals surface area (Å²) in [6, 6.07) is 7.61. The van der Waals surface area contributed by atoms with Crippen LogP contribution in [0.15, 0.2) is 24.3 Å². The van der Waals surface area contributed by atoms with Gasteiger partial charge in [-0.05, 0) is 12.1 Å². The zero-order valence-electron chi connectivity index (χ0n) is 12.4. The Morgan fingerprint density at radius 3 is 2.43 bits per heavy atom. The predicted octanol–water partition coefficient (Wildman–Crippen LogP) is 2.25. The van der Waals surface area contributed by atoms with Crippen LogP contribution < -0.4 is 14.2 Å². The van der Waals surface area contributed by atoms with Crippen LogP contribution in [0.3, 0.4) is 0 Å².